The second kappa shape index (κ2) is 4.27. The molecule has 1 atom stereocenters. The van der Waals surface area contributed by atoms with Gasteiger partial charge in [-0.25, -0.2) is 0 Å². The Morgan fingerprint density at radius 1 is 1.53 bits per heavy atom. The Morgan fingerprint density at radius 2 is 2.40 bits per heavy atom. The molecule has 0 aliphatic heterocycles. The van der Waals surface area contributed by atoms with Crippen LogP contribution < -0.4 is 5.73 Å². The highest BCUT2D eigenvalue weighted by Crippen LogP contribution is 2.19. The molecule has 2 heterocycles. The molecule has 2 aromatic heterocycles. The van der Waals surface area contributed by atoms with Crippen LogP contribution in [0.5, 0.6) is 0 Å². The zero-order valence-corrected chi connectivity index (χ0v) is 8.51. The lowest BCUT2D eigenvalue weighted by atomic mass is 10.2. The topological polar surface area (TPSA) is 78.1 Å². The quantitative estimate of drug-likeness (QED) is 0.830. The van der Waals surface area contributed by atoms with Crippen molar-refractivity contribution in [1.82, 2.24) is 10.1 Å². The van der Waals surface area contributed by atoms with Gasteiger partial charge in [-0.15, -0.1) is 0 Å². The molecule has 0 amide bonds. The summed E-state index contributed by atoms with van der Waals surface area (Å²) < 4.78 is 10.2. The van der Waals surface area contributed by atoms with Crippen molar-refractivity contribution in [2.75, 3.05) is 0 Å². The summed E-state index contributed by atoms with van der Waals surface area (Å²) in [5, 5.41) is 3.80. The fourth-order valence-electron chi connectivity index (χ4n) is 1.33. The van der Waals surface area contributed by atoms with Crippen LogP contribution in [0.1, 0.15) is 31.7 Å². The van der Waals surface area contributed by atoms with Gasteiger partial charge in [0, 0.05) is 0 Å². The van der Waals surface area contributed by atoms with E-state index in [-0.39, 0.29) is 6.04 Å². The Hall–Kier alpha value is -1.62. The minimum Gasteiger partial charge on any atom is -0.461 e. The first-order valence-electron chi connectivity index (χ1n) is 4.94. The van der Waals surface area contributed by atoms with Crippen LogP contribution in [0.2, 0.25) is 0 Å². The molecule has 2 rings (SSSR count). The fourth-order valence-corrected chi connectivity index (χ4v) is 1.33. The monoisotopic (exact) mass is 207 g/mol. The highest BCUT2D eigenvalue weighted by molar-refractivity contribution is 5.44. The van der Waals surface area contributed by atoms with Crippen molar-refractivity contribution in [3.8, 4) is 11.6 Å². The minimum atomic E-state index is -0.189. The van der Waals surface area contributed by atoms with Crippen molar-refractivity contribution in [3.63, 3.8) is 0 Å². The summed E-state index contributed by atoms with van der Waals surface area (Å²) in [7, 11) is 0. The van der Waals surface area contributed by atoms with E-state index in [0.717, 1.165) is 12.8 Å². The molecule has 5 nitrogen and oxygen atoms in total. The van der Waals surface area contributed by atoms with Crippen molar-refractivity contribution >= 4 is 0 Å². The lowest BCUT2D eigenvalue weighted by Crippen LogP contribution is -2.09. The van der Waals surface area contributed by atoms with Gasteiger partial charge in [0.25, 0.3) is 0 Å². The summed E-state index contributed by atoms with van der Waals surface area (Å²) in [6.07, 6.45) is 3.39. The van der Waals surface area contributed by atoms with Crippen molar-refractivity contribution in [2.45, 2.75) is 25.8 Å². The predicted octanol–water partition coefficient (Wildman–Crippen LogP) is 2.13. The lowest BCUT2D eigenvalue weighted by molar-refractivity contribution is 0.347. The Morgan fingerprint density at radius 3 is 3.07 bits per heavy atom. The lowest BCUT2D eigenvalue weighted by Gasteiger charge is -2.01. The van der Waals surface area contributed by atoms with E-state index in [2.05, 4.69) is 17.1 Å². The van der Waals surface area contributed by atoms with Gasteiger partial charge in [0.1, 0.15) is 0 Å². The maximum Gasteiger partial charge on any atom is 0.243 e. The molecule has 0 bridgehead atoms. The molecule has 0 aromatic carbocycles. The molecule has 0 aliphatic rings. The van der Waals surface area contributed by atoms with E-state index in [9.17, 15) is 0 Å². The smallest absolute Gasteiger partial charge is 0.243 e. The van der Waals surface area contributed by atoms with Gasteiger partial charge in [0.05, 0.1) is 12.3 Å². The van der Waals surface area contributed by atoms with Gasteiger partial charge in [-0.3, -0.25) is 0 Å². The van der Waals surface area contributed by atoms with E-state index in [0.29, 0.717) is 17.5 Å². The summed E-state index contributed by atoms with van der Waals surface area (Å²) in [6, 6.07) is 3.36. The van der Waals surface area contributed by atoms with Crippen LogP contribution >= 0.6 is 0 Å². The molecule has 0 spiro atoms. The second-order valence-electron chi connectivity index (χ2n) is 3.33. The van der Waals surface area contributed by atoms with E-state index in [1.807, 2.05) is 0 Å². The number of hydrogen-bond acceptors (Lipinski definition) is 5. The first-order chi connectivity index (χ1) is 7.31. The van der Waals surface area contributed by atoms with E-state index >= 15 is 0 Å². The first kappa shape index (κ1) is 9.92. The first-order valence-corrected chi connectivity index (χ1v) is 4.94. The summed E-state index contributed by atoms with van der Waals surface area (Å²) in [4.78, 5) is 4.17. The maximum absolute atomic E-state index is 5.85. The van der Waals surface area contributed by atoms with Crippen LogP contribution in [0.15, 0.2) is 27.3 Å². The normalized spacial score (nSPS) is 12.9. The van der Waals surface area contributed by atoms with Crippen molar-refractivity contribution < 1.29 is 8.94 Å². The predicted molar refractivity (Wildman–Crippen MR) is 53.8 cm³/mol. The summed E-state index contributed by atoms with van der Waals surface area (Å²) in [5.41, 5.74) is 5.85. The van der Waals surface area contributed by atoms with E-state index in [4.69, 9.17) is 14.7 Å². The van der Waals surface area contributed by atoms with Gasteiger partial charge in [-0.2, -0.15) is 4.98 Å². The van der Waals surface area contributed by atoms with Crippen LogP contribution in [0.4, 0.5) is 0 Å². The molecule has 0 fully saturated rings. The number of nitrogens with two attached hydrogens (primary N) is 1. The van der Waals surface area contributed by atoms with Gasteiger partial charge < -0.3 is 14.7 Å². The van der Waals surface area contributed by atoms with Crippen molar-refractivity contribution in [1.29, 1.82) is 0 Å². The maximum atomic E-state index is 5.85. The Bertz CT molecular complexity index is 408. The number of aromatic nitrogens is 2. The molecule has 0 saturated carbocycles. The zero-order valence-electron chi connectivity index (χ0n) is 8.51. The van der Waals surface area contributed by atoms with E-state index < -0.39 is 0 Å². The van der Waals surface area contributed by atoms with Crippen molar-refractivity contribution in [2.24, 2.45) is 5.73 Å². The minimum absolute atomic E-state index is 0.189. The molecule has 2 N–H and O–H groups in total. The zero-order chi connectivity index (χ0) is 10.7. The molecule has 5 heteroatoms. The molecular formula is C10H13N3O2. The standard InChI is InChI=1S/C10H13N3O2/c1-2-4-7(11)10-12-9(13-15-10)8-5-3-6-14-8/h3,5-7H,2,4,11H2,1H3/t7-/m1/s1. The Balaban J connectivity index is 2.17. The molecule has 0 unspecified atom stereocenters. The average Bonchev–Trinajstić information content (AvgIpc) is 2.89. The molecule has 15 heavy (non-hydrogen) atoms. The largest absolute Gasteiger partial charge is 0.461 e. The highest BCUT2D eigenvalue weighted by Gasteiger charge is 2.15. The van der Waals surface area contributed by atoms with Crippen LogP contribution in [-0.4, -0.2) is 10.1 Å². The molecule has 2 aromatic rings. The number of rotatable bonds is 4. The van der Waals surface area contributed by atoms with E-state index in [1.54, 1.807) is 18.4 Å². The average molecular weight is 207 g/mol. The number of furan rings is 1. The van der Waals surface area contributed by atoms with Gasteiger partial charge >= 0.3 is 0 Å². The van der Waals surface area contributed by atoms with Crippen LogP contribution in [0.25, 0.3) is 11.6 Å². The number of hydrogen-bond donors (Lipinski definition) is 1. The highest BCUT2D eigenvalue weighted by atomic mass is 16.5. The van der Waals surface area contributed by atoms with Crippen LogP contribution in [0, 0.1) is 0 Å². The fraction of sp³-hybridized carbons (Fsp3) is 0.400. The summed E-state index contributed by atoms with van der Waals surface area (Å²) in [5.74, 6) is 1.50. The molecule has 0 saturated heterocycles. The van der Waals surface area contributed by atoms with Crippen molar-refractivity contribution in [3.05, 3.63) is 24.3 Å². The SMILES string of the molecule is CCC[C@@H](N)c1nc(-c2ccco2)no1. The Labute approximate surface area is 87.3 Å². The molecule has 0 aliphatic carbocycles. The third kappa shape index (κ3) is 2.07. The van der Waals surface area contributed by atoms with Crippen LogP contribution in [0.3, 0.4) is 0 Å². The third-order valence-corrected chi connectivity index (χ3v) is 2.10. The van der Waals surface area contributed by atoms with Gasteiger partial charge in [0.2, 0.25) is 11.7 Å². The summed E-state index contributed by atoms with van der Waals surface area (Å²) >= 11 is 0. The molecule has 0 radical (unpaired) electrons. The summed E-state index contributed by atoms with van der Waals surface area (Å²) in [6.45, 7) is 2.06. The molecular weight excluding hydrogens is 194 g/mol. The van der Waals surface area contributed by atoms with Crippen LogP contribution in [-0.2, 0) is 0 Å². The third-order valence-electron chi connectivity index (χ3n) is 2.10. The van der Waals surface area contributed by atoms with Gasteiger partial charge in [-0.05, 0) is 18.6 Å². The van der Waals surface area contributed by atoms with Gasteiger partial charge in [0.15, 0.2) is 5.76 Å². The second-order valence-corrected chi connectivity index (χ2v) is 3.33. The number of nitrogens with zero attached hydrogens (tertiary/aromatic N) is 2. The van der Waals surface area contributed by atoms with Gasteiger partial charge in [-0.1, -0.05) is 18.5 Å². The Kier molecular flexibility index (Phi) is 2.82. The van der Waals surface area contributed by atoms with E-state index in [1.165, 1.54) is 0 Å². The molecule has 80 valence electrons.